The van der Waals surface area contributed by atoms with Crippen molar-refractivity contribution in [3.05, 3.63) is 35.4 Å². The van der Waals surface area contributed by atoms with Crippen LogP contribution in [0.5, 0.6) is 0 Å². The first kappa shape index (κ1) is 13.1. The SMILES string of the molecule is CC1CC1c1ccc(CN(C)Cc2noc(C3CC3)n2)o1. The average Bonchev–Trinajstić information content (AvgIpc) is 3.33. The molecule has 0 bridgehead atoms. The molecule has 5 nitrogen and oxygen atoms in total. The van der Waals surface area contributed by atoms with Crippen molar-refractivity contribution in [3.8, 4) is 0 Å². The zero-order valence-electron chi connectivity index (χ0n) is 12.6. The fourth-order valence-corrected chi connectivity index (χ4v) is 2.79. The van der Waals surface area contributed by atoms with Gasteiger partial charge >= 0.3 is 0 Å². The highest BCUT2D eigenvalue weighted by Gasteiger charge is 2.36. The van der Waals surface area contributed by atoms with Crippen molar-refractivity contribution in [3.63, 3.8) is 0 Å². The van der Waals surface area contributed by atoms with Crippen LogP contribution in [0.25, 0.3) is 0 Å². The number of rotatable bonds is 6. The average molecular weight is 287 g/mol. The molecule has 0 saturated heterocycles. The lowest BCUT2D eigenvalue weighted by Gasteiger charge is -2.12. The molecule has 2 unspecified atom stereocenters. The highest BCUT2D eigenvalue weighted by atomic mass is 16.5. The van der Waals surface area contributed by atoms with E-state index in [1.807, 2.05) is 0 Å². The molecule has 2 aromatic heterocycles. The predicted octanol–water partition coefficient (Wildman–Crippen LogP) is 3.30. The van der Waals surface area contributed by atoms with Gasteiger partial charge in [0.05, 0.1) is 13.1 Å². The Morgan fingerprint density at radius 3 is 2.81 bits per heavy atom. The quantitative estimate of drug-likeness (QED) is 0.816. The first-order valence-corrected chi connectivity index (χ1v) is 7.78. The van der Waals surface area contributed by atoms with Crippen LogP contribution in [-0.4, -0.2) is 22.1 Å². The molecule has 2 aliphatic carbocycles. The minimum atomic E-state index is 0.518. The van der Waals surface area contributed by atoms with E-state index in [1.165, 1.54) is 19.3 Å². The van der Waals surface area contributed by atoms with Crippen LogP contribution in [0.1, 0.15) is 61.3 Å². The van der Waals surface area contributed by atoms with Crippen molar-refractivity contribution in [1.82, 2.24) is 15.0 Å². The fourth-order valence-electron chi connectivity index (χ4n) is 2.79. The smallest absolute Gasteiger partial charge is 0.229 e. The Balaban J connectivity index is 1.34. The second-order valence-corrected chi connectivity index (χ2v) is 6.62. The van der Waals surface area contributed by atoms with Crippen LogP contribution in [0.3, 0.4) is 0 Å². The third-order valence-corrected chi connectivity index (χ3v) is 4.40. The Hall–Kier alpha value is -1.62. The van der Waals surface area contributed by atoms with E-state index in [9.17, 15) is 0 Å². The second-order valence-electron chi connectivity index (χ2n) is 6.62. The van der Waals surface area contributed by atoms with Crippen molar-refractivity contribution in [2.45, 2.75) is 51.1 Å². The van der Waals surface area contributed by atoms with Crippen LogP contribution in [0.4, 0.5) is 0 Å². The summed E-state index contributed by atoms with van der Waals surface area (Å²) < 4.78 is 11.2. The van der Waals surface area contributed by atoms with E-state index in [0.29, 0.717) is 18.4 Å². The largest absolute Gasteiger partial charge is 0.464 e. The monoisotopic (exact) mass is 287 g/mol. The van der Waals surface area contributed by atoms with E-state index < -0.39 is 0 Å². The summed E-state index contributed by atoms with van der Waals surface area (Å²) in [6, 6.07) is 4.21. The summed E-state index contributed by atoms with van der Waals surface area (Å²) in [5.74, 6) is 5.66. The molecule has 2 aliphatic rings. The van der Waals surface area contributed by atoms with Crippen LogP contribution in [0.2, 0.25) is 0 Å². The fraction of sp³-hybridized carbons (Fsp3) is 0.625. The Kier molecular flexibility index (Phi) is 3.10. The molecule has 112 valence electrons. The molecule has 0 aromatic carbocycles. The lowest BCUT2D eigenvalue weighted by atomic mass is 10.3. The molecule has 0 radical (unpaired) electrons. The van der Waals surface area contributed by atoms with Gasteiger partial charge in [0, 0.05) is 11.8 Å². The van der Waals surface area contributed by atoms with Gasteiger partial charge in [0.25, 0.3) is 0 Å². The normalized spacial score (nSPS) is 24.7. The topological polar surface area (TPSA) is 55.3 Å². The summed E-state index contributed by atoms with van der Waals surface area (Å²) in [5, 5.41) is 4.05. The van der Waals surface area contributed by atoms with Crippen molar-refractivity contribution in [2.24, 2.45) is 5.92 Å². The first-order valence-electron chi connectivity index (χ1n) is 7.78. The molecule has 5 heteroatoms. The standard InChI is InChI=1S/C16H21N3O2/c1-10-7-13(10)14-6-5-12(20-14)8-19(2)9-15-17-16(21-18-15)11-3-4-11/h5-6,10-11,13H,3-4,7-9H2,1-2H3. The molecule has 2 atom stereocenters. The summed E-state index contributed by atoms with van der Waals surface area (Å²) in [6.45, 7) is 3.73. The van der Waals surface area contributed by atoms with Gasteiger partial charge in [0.2, 0.25) is 5.89 Å². The van der Waals surface area contributed by atoms with Gasteiger partial charge in [-0.15, -0.1) is 0 Å². The number of furan rings is 1. The van der Waals surface area contributed by atoms with Crippen molar-refractivity contribution < 1.29 is 8.94 Å². The van der Waals surface area contributed by atoms with Gasteiger partial charge in [-0.2, -0.15) is 4.98 Å². The molecule has 2 fully saturated rings. The Morgan fingerprint density at radius 2 is 2.10 bits per heavy atom. The van der Waals surface area contributed by atoms with E-state index in [-0.39, 0.29) is 0 Å². The minimum Gasteiger partial charge on any atom is -0.464 e. The van der Waals surface area contributed by atoms with Gasteiger partial charge in [-0.3, -0.25) is 4.90 Å². The van der Waals surface area contributed by atoms with Crippen LogP contribution in [-0.2, 0) is 13.1 Å². The number of aromatic nitrogens is 2. The van der Waals surface area contributed by atoms with Gasteiger partial charge in [0.15, 0.2) is 5.82 Å². The van der Waals surface area contributed by atoms with E-state index in [1.54, 1.807) is 0 Å². The van der Waals surface area contributed by atoms with Crippen LogP contribution in [0.15, 0.2) is 21.1 Å². The van der Waals surface area contributed by atoms with E-state index in [4.69, 9.17) is 8.94 Å². The van der Waals surface area contributed by atoms with E-state index in [0.717, 1.165) is 35.7 Å². The minimum absolute atomic E-state index is 0.518. The molecule has 2 heterocycles. The molecule has 0 N–H and O–H groups in total. The summed E-state index contributed by atoms with van der Waals surface area (Å²) in [6.07, 6.45) is 3.63. The lowest BCUT2D eigenvalue weighted by Crippen LogP contribution is -2.17. The zero-order chi connectivity index (χ0) is 14.4. The van der Waals surface area contributed by atoms with Gasteiger partial charge in [-0.05, 0) is 44.4 Å². The maximum atomic E-state index is 5.93. The van der Waals surface area contributed by atoms with Crippen molar-refractivity contribution in [2.75, 3.05) is 7.05 Å². The third kappa shape index (κ3) is 2.88. The maximum absolute atomic E-state index is 5.93. The molecular formula is C16H21N3O2. The number of hydrogen-bond acceptors (Lipinski definition) is 5. The molecular weight excluding hydrogens is 266 g/mol. The Morgan fingerprint density at radius 1 is 1.29 bits per heavy atom. The number of nitrogens with zero attached hydrogens (tertiary/aromatic N) is 3. The number of hydrogen-bond donors (Lipinski definition) is 0. The molecule has 0 spiro atoms. The predicted molar refractivity (Wildman–Crippen MR) is 76.7 cm³/mol. The molecule has 0 amide bonds. The lowest BCUT2D eigenvalue weighted by molar-refractivity contribution is 0.271. The van der Waals surface area contributed by atoms with E-state index >= 15 is 0 Å². The van der Waals surface area contributed by atoms with E-state index in [2.05, 4.69) is 41.1 Å². The summed E-state index contributed by atoms with van der Waals surface area (Å²) in [7, 11) is 2.05. The molecule has 21 heavy (non-hydrogen) atoms. The Labute approximate surface area is 124 Å². The molecule has 4 rings (SSSR count). The first-order chi connectivity index (χ1) is 10.2. The zero-order valence-corrected chi connectivity index (χ0v) is 12.6. The maximum Gasteiger partial charge on any atom is 0.229 e. The highest BCUT2D eigenvalue weighted by Crippen LogP contribution is 2.47. The van der Waals surface area contributed by atoms with Crippen molar-refractivity contribution >= 4 is 0 Å². The Bertz CT molecular complexity index is 629. The van der Waals surface area contributed by atoms with Crippen molar-refractivity contribution in [1.29, 1.82) is 0 Å². The van der Waals surface area contributed by atoms with Crippen LogP contribution >= 0.6 is 0 Å². The second kappa shape index (κ2) is 4.98. The van der Waals surface area contributed by atoms with Gasteiger partial charge in [0.1, 0.15) is 11.5 Å². The van der Waals surface area contributed by atoms with Crippen LogP contribution < -0.4 is 0 Å². The summed E-state index contributed by atoms with van der Waals surface area (Å²) >= 11 is 0. The summed E-state index contributed by atoms with van der Waals surface area (Å²) in [5.41, 5.74) is 0. The third-order valence-electron chi connectivity index (χ3n) is 4.40. The highest BCUT2D eigenvalue weighted by molar-refractivity contribution is 5.17. The molecule has 2 saturated carbocycles. The van der Waals surface area contributed by atoms with Gasteiger partial charge in [-0.1, -0.05) is 12.1 Å². The van der Waals surface area contributed by atoms with Gasteiger partial charge < -0.3 is 8.94 Å². The molecule has 2 aromatic rings. The molecule has 0 aliphatic heterocycles. The van der Waals surface area contributed by atoms with Gasteiger partial charge in [-0.25, -0.2) is 0 Å². The van der Waals surface area contributed by atoms with Crippen LogP contribution in [0, 0.1) is 5.92 Å². The summed E-state index contributed by atoms with van der Waals surface area (Å²) in [4.78, 5) is 6.61.